The normalized spacial score (nSPS) is 25.9. The number of piperazine rings is 1. The number of ether oxygens (including phenoxy) is 2. The second kappa shape index (κ2) is 8.81. The quantitative estimate of drug-likeness (QED) is 0.512. The van der Waals surface area contributed by atoms with E-state index >= 15 is 0 Å². The van der Waals surface area contributed by atoms with Crippen LogP contribution in [0, 0.1) is 0 Å². The lowest BCUT2D eigenvalue weighted by Crippen LogP contribution is -2.55. The Kier molecular flexibility index (Phi) is 6.15. The summed E-state index contributed by atoms with van der Waals surface area (Å²) in [6.07, 6.45) is -0.271. The average Bonchev–Trinajstić information content (AvgIpc) is 3.42. The molecule has 3 atom stereocenters. The van der Waals surface area contributed by atoms with Gasteiger partial charge in [-0.15, -0.1) is 0 Å². The number of carbonyl (C=O) groups excluding carboxylic acids is 3. The van der Waals surface area contributed by atoms with Crippen LogP contribution in [0.15, 0.2) is 24.3 Å². The van der Waals surface area contributed by atoms with E-state index in [9.17, 15) is 14.4 Å². The topological polar surface area (TPSA) is 82.7 Å². The maximum atomic E-state index is 13.1. The maximum Gasteiger partial charge on any atom is 0.338 e. The second-order valence-corrected chi connectivity index (χ2v) is 8.09. The smallest absolute Gasteiger partial charge is 0.338 e. The van der Waals surface area contributed by atoms with Crippen molar-refractivity contribution < 1.29 is 23.9 Å². The zero-order valence-electron chi connectivity index (χ0n) is 17.0. The highest BCUT2D eigenvalue weighted by Gasteiger charge is 2.55. The van der Waals surface area contributed by atoms with Gasteiger partial charge < -0.3 is 24.2 Å². The first-order valence-electron chi connectivity index (χ1n) is 10.4. The van der Waals surface area contributed by atoms with Crippen molar-refractivity contribution in [2.45, 2.75) is 38.0 Å². The Balaban J connectivity index is 1.34. The number of rotatable bonds is 5. The number of hydrogen-bond donors (Lipinski definition) is 0. The molecule has 0 saturated carbocycles. The highest BCUT2D eigenvalue weighted by atomic mass is 35.5. The molecule has 2 amide bonds. The summed E-state index contributed by atoms with van der Waals surface area (Å²) < 4.78 is 10.2. The van der Waals surface area contributed by atoms with Gasteiger partial charge in [-0.1, -0.05) is 23.7 Å². The SMILES string of the molecule is CCOC(=O)[C@H]1O[C@@H]1C(=O)N1CCC[C@H]1C(=O)N1CCN(c2ccccc2Cl)CC1. The maximum absolute atomic E-state index is 13.1. The van der Waals surface area contributed by atoms with Crippen LogP contribution in [0.2, 0.25) is 5.02 Å². The number of benzene rings is 1. The summed E-state index contributed by atoms with van der Waals surface area (Å²) >= 11 is 6.29. The Morgan fingerprint density at radius 1 is 1.07 bits per heavy atom. The molecule has 1 aromatic carbocycles. The van der Waals surface area contributed by atoms with Crippen LogP contribution in [0.1, 0.15) is 19.8 Å². The molecular weight excluding hydrogens is 410 g/mol. The van der Waals surface area contributed by atoms with E-state index in [1.807, 2.05) is 29.2 Å². The van der Waals surface area contributed by atoms with Crippen LogP contribution < -0.4 is 4.90 Å². The van der Waals surface area contributed by atoms with Gasteiger partial charge in [-0.25, -0.2) is 4.79 Å². The molecular formula is C21H26ClN3O5. The molecule has 3 aliphatic rings. The van der Waals surface area contributed by atoms with Gasteiger partial charge in [0.25, 0.3) is 5.91 Å². The molecule has 4 rings (SSSR count). The molecule has 0 radical (unpaired) electrons. The fraction of sp³-hybridized carbons (Fsp3) is 0.571. The third-order valence-corrected chi connectivity index (χ3v) is 6.18. The van der Waals surface area contributed by atoms with Gasteiger partial charge in [0.2, 0.25) is 5.91 Å². The molecule has 0 aromatic heterocycles. The highest BCUT2D eigenvalue weighted by Crippen LogP contribution is 2.30. The van der Waals surface area contributed by atoms with Gasteiger partial charge in [-0.2, -0.15) is 0 Å². The van der Waals surface area contributed by atoms with Crippen LogP contribution in [0.25, 0.3) is 0 Å². The number of amides is 2. The van der Waals surface area contributed by atoms with Crippen molar-refractivity contribution in [3.63, 3.8) is 0 Å². The third kappa shape index (κ3) is 4.11. The van der Waals surface area contributed by atoms with Crippen molar-refractivity contribution in [2.24, 2.45) is 0 Å². The zero-order chi connectivity index (χ0) is 21.3. The van der Waals surface area contributed by atoms with E-state index in [-0.39, 0.29) is 18.4 Å². The number of anilines is 1. The molecule has 0 N–H and O–H groups in total. The van der Waals surface area contributed by atoms with Gasteiger partial charge in [0.1, 0.15) is 6.04 Å². The molecule has 0 aliphatic carbocycles. The first-order valence-corrected chi connectivity index (χ1v) is 10.8. The van der Waals surface area contributed by atoms with Crippen molar-refractivity contribution in [3.05, 3.63) is 29.3 Å². The van der Waals surface area contributed by atoms with Crippen molar-refractivity contribution >= 4 is 35.1 Å². The van der Waals surface area contributed by atoms with Crippen LogP contribution in [0.4, 0.5) is 5.69 Å². The standard InChI is InChI=1S/C21H26ClN3O5/c1-2-29-21(28)18-17(30-18)20(27)25-9-5-8-16(25)19(26)24-12-10-23(11-13-24)15-7-4-3-6-14(15)22/h3-4,6-7,16-18H,2,5,8-13H2,1H3/t16-,17-,18-/m0/s1. The van der Waals surface area contributed by atoms with E-state index in [0.717, 1.165) is 12.1 Å². The number of halogens is 1. The van der Waals surface area contributed by atoms with Crippen molar-refractivity contribution in [3.8, 4) is 0 Å². The molecule has 162 valence electrons. The summed E-state index contributed by atoms with van der Waals surface area (Å²) in [5.74, 6) is -0.847. The monoisotopic (exact) mass is 435 g/mol. The fourth-order valence-corrected chi connectivity index (χ4v) is 4.50. The molecule has 3 fully saturated rings. The predicted octanol–water partition coefficient (Wildman–Crippen LogP) is 1.31. The van der Waals surface area contributed by atoms with Crippen LogP contribution in [-0.4, -0.2) is 85.2 Å². The van der Waals surface area contributed by atoms with Crippen molar-refractivity contribution in [1.29, 1.82) is 0 Å². The molecule has 8 nitrogen and oxygen atoms in total. The van der Waals surface area contributed by atoms with Gasteiger partial charge in [0, 0.05) is 32.7 Å². The number of para-hydroxylation sites is 1. The molecule has 3 aliphatic heterocycles. The molecule has 1 aromatic rings. The second-order valence-electron chi connectivity index (χ2n) is 7.68. The predicted molar refractivity (Wildman–Crippen MR) is 110 cm³/mol. The van der Waals surface area contributed by atoms with E-state index in [4.69, 9.17) is 21.1 Å². The number of epoxide rings is 1. The van der Waals surface area contributed by atoms with Gasteiger partial charge >= 0.3 is 5.97 Å². The lowest BCUT2D eigenvalue weighted by atomic mass is 10.1. The Hall–Kier alpha value is -2.32. The van der Waals surface area contributed by atoms with Crippen LogP contribution >= 0.6 is 11.6 Å². The summed E-state index contributed by atoms with van der Waals surface area (Å²) in [6, 6.07) is 7.20. The summed E-state index contributed by atoms with van der Waals surface area (Å²) in [7, 11) is 0. The van der Waals surface area contributed by atoms with Gasteiger partial charge in [-0.05, 0) is 31.9 Å². The molecule has 0 unspecified atom stereocenters. The molecule has 3 heterocycles. The largest absolute Gasteiger partial charge is 0.464 e. The fourth-order valence-electron chi connectivity index (χ4n) is 4.24. The van der Waals surface area contributed by atoms with E-state index in [1.165, 1.54) is 0 Å². The van der Waals surface area contributed by atoms with Crippen LogP contribution in [0.3, 0.4) is 0 Å². The number of likely N-dealkylation sites (tertiary alicyclic amines) is 1. The van der Waals surface area contributed by atoms with Gasteiger partial charge in [0.15, 0.2) is 12.2 Å². The van der Waals surface area contributed by atoms with E-state index in [2.05, 4.69) is 4.90 Å². The molecule has 0 bridgehead atoms. The summed E-state index contributed by atoms with van der Waals surface area (Å²) in [6.45, 7) is 4.98. The molecule has 3 saturated heterocycles. The molecule has 30 heavy (non-hydrogen) atoms. The number of hydrogen-bond acceptors (Lipinski definition) is 6. The Morgan fingerprint density at radius 2 is 1.80 bits per heavy atom. The Morgan fingerprint density at radius 3 is 2.50 bits per heavy atom. The molecule has 9 heteroatoms. The van der Waals surface area contributed by atoms with Gasteiger partial charge in [-0.3, -0.25) is 9.59 Å². The van der Waals surface area contributed by atoms with Crippen LogP contribution in [0.5, 0.6) is 0 Å². The van der Waals surface area contributed by atoms with E-state index in [0.29, 0.717) is 44.2 Å². The highest BCUT2D eigenvalue weighted by molar-refractivity contribution is 6.33. The van der Waals surface area contributed by atoms with Crippen molar-refractivity contribution in [1.82, 2.24) is 9.80 Å². The Labute approximate surface area is 180 Å². The van der Waals surface area contributed by atoms with E-state index in [1.54, 1.807) is 11.8 Å². The lowest BCUT2D eigenvalue weighted by molar-refractivity contribution is -0.145. The summed E-state index contributed by atoms with van der Waals surface area (Å²) in [4.78, 5) is 43.3. The first kappa shape index (κ1) is 20.9. The minimum Gasteiger partial charge on any atom is -0.464 e. The third-order valence-electron chi connectivity index (χ3n) is 5.86. The summed E-state index contributed by atoms with van der Waals surface area (Å²) in [5, 5.41) is 0.699. The number of carbonyl (C=O) groups is 3. The van der Waals surface area contributed by atoms with Crippen molar-refractivity contribution in [2.75, 3.05) is 44.2 Å². The first-order chi connectivity index (χ1) is 14.5. The minimum absolute atomic E-state index is 0.0343. The number of esters is 1. The summed E-state index contributed by atoms with van der Waals surface area (Å²) in [5.41, 5.74) is 0.972. The van der Waals surface area contributed by atoms with Crippen LogP contribution in [-0.2, 0) is 23.9 Å². The van der Waals surface area contributed by atoms with E-state index < -0.39 is 24.2 Å². The Bertz CT molecular complexity index is 827. The van der Waals surface area contributed by atoms with Gasteiger partial charge in [0.05, 0.1) is 17.3 Å². The minimum atomic E-state index is -0.840. The molecule has 0 spiro atoms. The average molecular weight is 436 g/mol. The zero-order valence-corrected chi connectivity index (χ0v) is 17.7. The lowest BCUT2D eigenvalue weighted by Gasteiger charge is -2.38. The number of nitrogens with zero attached hydrogens (tertiary/aromatic N) is 3.